The van der Waals surface area contributed by atoms with Gasteiger partial charge < -0.3 is 9.84 Å². The topological polar surface area (TPSA) is 93.6 Å². The Labute approximate surface area is 126 Å². The van der Waals surface area contributed by atoms with Gasteiger partial charge in [0, 0.05) is 10.7 Å². The fraction of sp³-hybridized carbons (Fsp3) is 0.500. The molecule has 1 N–H and O–H groups in total. The van der Waals surface area contributed by atoms with E-state index in [1.165, 1.54) is 6.07 Å². The van der Waals surface area contributed by atoms with Gasteiger partial charge in [0.15, 0.2) is 0 Å². The molecule has 1 rings (SSSR count). The normalized spacial score (nSPS) is 11.3. The van der Waals surface area contributed by atoms with Crippen LogP contribution < -0.4 is 4.74 Å². The van der Waals surface area contributed by atoms with Gasteiger partial charge in [-0.3, -0.25) is 0 Å². The number of hydrogen-bond donors (Lipinski definition) is 1. The summed E-state index contributed by atoms with van der Waals surface area (Å²) < 4.78 is 27.9. The maximum atomic E-state index is 11.1. The van der Waals surface area contributed by atoms with Crippen LogP contribution in [0.4, 0.5) is 0 Å². The summed E-state index contributed by atoms with van der Waals surface area (Å²) in [6.07, 6.45) is 2.06. The lowest BCUT2D eigenvalue weighted by Gasteiger charge is -2.10. The average molecular weight is 366 g/mol. The number of aromatic carboxylic acids is 1. The second kappa shape index (κ2) is 7.03. The highest BCUT2D eigenvalue weighted by atomic mass is 79.9. The largest absolute Gasteiger partial charge is 0.477 e. The van der Waals surface area contributed by atoms with Crippen molar-refractivity contribution in [3.63, 3.8) is 0 Å². The number of pyridine rings is 1. The smallest absolute Gasteiger partial charge is 0.341 e. The molecule has 0 amide bonds. The van der Waals surface area contributed by atoms with Gasteiger partial charge in [0.2, 0.25) is 5.88 Å². The fourth-order valence-electron chi connectivity index (χ4n) is 1.51. The highest BCUT2D eigenvalue weighted by Gasteiger charge is 2.16. The second-order valence-electron chi connectivity index (χ2n) is 4.26. The van der Waals surface area contributed by atoms with Crippen molar-refractivity contribution in [1.29, 1.82) is 0 Å². The number of sulfone groups is 1. The monoisotopic (exact) mass is 365 g/mol. The zero-order valence-electron chi connectivity index (χ0n) is 11.2. The number of halogens is 1. The Balaban J connectivity index is 2.84. The van der Waals surface area contributed by atoms with Crippen LogP contribution in [0.1, 0.15) is 29.4 Å². The lowest BCUT2D eigenvalue weighted by atomic mass is 10.2. The molecule has 20 heavy (non-hydrogen) atoms. The van der Waals surface area contributed by atoms with Crippen LogP contribution in [0.15, 0.2) is 10.5 Å². The number of ether oxygens (including phenoxy) is 1. The van der Waals surface area contributed by atoms with Crippen molar-refractivity contribution in [3.05, 3.63) is 21.8 Å². The van der Waals surface area contributed by atoms with Crippen molar-refractivity contribution in [2.75, 3.05) is 18.6 Å². The molecule has 112 valence electrons. The van der Waals surface area contributed by atoms with Crippen molar-refractivity contribution in [1.82, 2.24) is 4.98 Å². The van der Waals surface area contributed by atoms with Crippen molar-refractivity contribution in [2.45, 2.75) is 19.8 Å². The van der Waals surface area contributed by atoms with Gasteiger partial charge in [-0.15, -0.1) is 0 Å². The third-order valence-corrected chi connectivity index (χ3v) is 4.19. The third-order valence-electron chi connectivity index (χ3n) is 2.48. The number of carbonyl (C=O) groups is 1. The number of hydrogen-bond acceptors (Lipinski definition) is 5. The van der Waals surface area contributed by atoms with E-state index in [9.17, 15) is 13.2 Å². The molecule has 0 spiro atoms. The average Bonchev–Trinajstić information content (AvgIpc) is 2.34. The number of aromatic nitrogens is 1. The van der Waals surface area contributed by atoms with Crippen LogP contribution in [0.2, 0.25) is 0 Å². The molecule has 0 unspecified atom stereocenters. The van der Waals surface area contributed by atoms with Crippen LogP contribution >= 0.6 is 15.9 Å². The van der Waals surface area contributed by atoms with Crippen molar-refractivity contribution >= 4 is 31.7 Å². The number of aryl methyl sites for hydroxylation is 1. The molecular weight excluding hydrogens is 350 g/mol. The maximum absolute atomic E-state index is 11.1. The van der Waals surface area contributed by atoms with Crippen LogP contribution in [0, 0.1) is 0 Å². The molecule has 0 fully saturated rings. The Hall–Kier alpha value is -1.15. The lowest BCUT2D eigenvalue weighted by Crippen LogP contribution is -2.11. The van der Waals surface area contributed by atoms with Gasteiger partial charge in [-0.1, -0.05) is 6.92 Å². The Morgan fingerprint density at radius 3 is 2.65 bits per heavy atom. The summed E-state index contributed by atoms with van der Waals surface area (Å²) in [5, 5.41) is 9.10. The van der Waals surface area contributed by atoms with Crippen molar-refractivity contribution < 1.29 is 23.1 Å². The van der Waals surface area contributed by atoms with Crippen LogP contribution in [-0.4, -0.2) is 43.1 Å². The summed E-state index contributed by atoms with van der Waals surface area (Å²) in [6, 6.07) is 1.44. The van der Waals surface area contributed by atoms with Gasteiger partial charge in [0.05, 0.1) is 18.1 Å². The minimum Gasteiger partial charge on any atom is -0.477 e. The molecule has 6 nitrogen and oxygen atoms in total. The molecular formula is C12H16BrNO5S. The first-order chi connectivity index (χ1) is 9.24. The van der Waals surface area contributed by atoms with Crippen LogP contribution in [0.25, 0.3) is 0 Å². The zero-order valence-corrected chi connectivity index (χ0v) is 13.6. The molecule has 0 saturated carbocycles. The Morgan fingerprint density at radius 2 is 2.15 bits per heavy atom. The first-order valence-corrected chi connectivity index (χ1v) is 8.83. The number of rotatable bonds is 7. The summed E-state index contributed by atoms with van der Waals surface area (Å²) in [7, 11) is -3.05. The van der Waals surface area contributed by atoms with Gasteiger partial charge in [0.1, 0.15) is 15.4 Å². The summed E-state index contributed by atoms with van der Waals surface area (Å²) in [5.41, 5.74) is 0.640. The fourth-order valence-corrected chi connectivity index (χ4v) is 2.75. The molecule has 0 aliphatic rings. The van der Waals surface area contributed by atoms with Gasteiger partial charge in [0.25, 0.3) is 0 Å². The predicted molar refractivity (Wildman–Crippen MR) is 78.1 cm³/mol. The number of carboxylic acids is 1. The quantitative estimate of drug-likeness (QED) is 0.741. The van der Waals surface area contributed by atoms with E-state index in [0.29, 0.717) is 16.6 Å². The molecule has 0 bridgehead atoms. The Morgan fingerprint density at radius 1 is 1.50 bits per heavy atom. The molecule has 0 aliphatic carbocycles. The van der Waals surface area contributed by atoms with Crippen LogP contribution in [0.5, 0.6) is 5.88 Å². The number of nitrogens with zero attached hydrogens (tertiary/aromatic N) is 1. The molecule has 1 heterocycles. The van der Waals surface area contributed by atoms with Crippen LogP contribution in [0.3, 0.4) is 0 Å². The summed E-state index contributed by atoms with van der Waals surface area (Å²) in [4.78, 5) is 15.3. The number of carboxylic acid groups (broad SMARTS) is 1. The molecule has 8 heteroatoms. The highest BCUT2D eigenvalue weighted by molar-refractivity contribution is 9.10. The lowest BCUT2D eigenvalue weighted by molar-refractivity contribution is 0.0691. The SMILES string of the molecule is CCc1nc(OCCCS(C)(=O)=O)c(C(=O)O)cc1Br. The minimum absolute atomic E-state index is 0.00737. The van der Waals surface area contributed by atoms with Crippen molar-refractivity contribution in [2.24, 2.45) is 0 Å². The van der Waals surface area contributed by atoms with E-state index in [2.05, 4.69) is 20.9 Å². The minimum atomic E-state index is -3.05. The maximum Gasteiger partial charge on any atom is 0.341 e. The Bertz CT molecular complexity index is 600. The van der Waals surface area contributed by atoms with E-state index >= 15 is 0 Å². The molecule has 0 saturated heterocycles. The van der Waals surface area contributed by atoms with E-state index in [1.54, 1.807) is 0 Å². The second-order valence-corrected chi connectivity index (χ2v) is 7.37. The molecule has 0 aromatic carbocycles. The molecule has 0 radical (unpaired) electrons. The zero-order chi connectivity index (χ0) is 15.3. The molecule has 0 aliphatic heterocycles. The standard InChI is InChI=1S/C12H16BrNO5S/c1-3-10-9(13)7-8(12(15)16)11(14-10)19-5-4-6-20(2,17)18/h7H,3-6H2,1-2H3,(H,15,16). The van der Waals surface area contributed by atoms with E-state index in [0.717, 1.165) is 6.26 Å². The van der Waals surface area contributed by atoms with E-state index < -0.39 is 15.8 Å². The molecule has 1 aromatic rings. The van der Waals surface area contributed by atoms with Gasteiger partial charge in [-0.25, -0.2) is 18.2 Å². The van der Waals surface area contributed by atoms with Gasteiger partial charge in [-0.2, -0.15) is 0 Å². The first kappa shape index (κ1) is 16.9. The van der Waals surface area contributed by atoms with Crippen molar-refractivity contribution in [3.8, 4) is 5.88 Å². The Kier molecular flexibility index (Phi) is 5.94. The first-order valence-electron chi connectivity index (χ1n) is 5.97. The van der Waals surface area contributed by atoms with E-state index in [-0.39, 0.29) is 30.2 Å². The summed E-state index contributed by atoms with van der Waals surface area (Å²) in [6.45, 7) is 1.99. The van der Waals surface area contributed by atoms with Gasteiger partial charge >= 0.3 is 5.97 Å². The van der Waals surface area contributed by atoms with E-state index in [4.69, 9.17) is 9.84 Å². The third kappa shape index (κ3) is 5.09. The predicted octanol–water partition coefficient (Wildman–Crippen LogP) is 1.92. The molecule has 0 atom stereocenters. The van der Waals surface area contributed by atoms with Gasteiger partial charge in [-0.05, 0) is 34.8 Å². The molecule has 1 aromatic heterocycles. The highest BCUT2D eigenvalue weighted by Crippen LogP contribution is 2.24. The van der Waals surface area contributed by atoms with E-state index in [1.807, 2.05) is 6.92 Å². The summed E-state index contributed by atoms with van der Waals surface area (Å²) in [5.74, 6) is -1.13. The summed E-state index contributed by atoms with van der Waals surface area (Å²) >= 11 is 3.26. The van der Waals surface area contributed by atoms with Crippen LogP contribution in [-0.2, 0) is 16.3 Å².